The Balaban J connectivity index is 1.79. The lowest BCUT2D eigenvalue weighted by molar-refractivity contribution is 0.222. The van der Waals surface area contributed by atoms with E-state index in [-0.39, 0.29) is 11.9 Å². The van der Waals surface area contributed by atoms with Crippen molar-refractivity contribution in [2.24, 2.45) is 5.73 Å². The summed E-state index contributed by atoms with van der Waals surface area (Å²) >= 11 is 0. The van der Waals surface area contributed by atoms with Gasteiger partial charge in [0.15, 0.2) is 0 Å². The van der Waals surface area contributed by atoms with Crippen molar-refractivity contribution in [3.8, 4) is 5.75 Å². The number of nitrogens with zero attached hydrogens (tertiary/aromatic N) is 1. The van der Waals surface area contributed by atoms with Crippen LogP contribution in [0.2, 0.25) is 0 Å². The molecule has 0 aliphatic carbocycles. The van der Waals surface area contributed by atoms with E-state index in [1.54, 1.807) is 7.11 Å². The third-order valence-electron chi connectivity index (χ3n) is 4.35. The van der Waals surface area contributed by atoms with Gasteiger partial charge in [-0.1, -0.05) is 30.3 Å². The molecule has 1 unspecified atom stereocenters. The summed E-state index contributed by atoms with van der Waals surface area (Å²) < 4.78 is 19.4. The molecule has 0 aromatic heterocycles. The Kier molecular flexibility index (Phi) is 4.41. The van der Waals surface area contributed by atoms with Crippen LogP contribution in [-0.2, 0) is 13.0 Å². The quantitative estimate of drug-likeness (QED) is 0.923. The van der Waals surface area contributed by atoms with Crippen molar-refractivity contribution in [3.05, 3.63) is 65.0 Å². The van der Waals surface area contributed by atoms with Crippen molar-refractivity contribution in [2.75, 3.05) is 20.2 Å². The zero-order chi connectivity index (χ0) is 15.5. The maximum atomic E-state index is 14.2. The smallest absolute Gasteiger partial charge is 0.131 e. The lowest BCUT2D eigenvalue weighted by Gasteiger charge is -2.23. The summed E-state index contributed by atoms with van der Waals surface area (Å²) in [7, 11) is 1.56. The lowest BCUT2D eigenvalue weighted by atomic mass is 10.0. The molecule has 0 saturated heterocycles. The Morgan fingerprint density at radius 1 is 1.27 bits per heavy atom. The summed E-state index contributed by atoms with van der Waals surface area (Å²) in [6.45, 7) is 1.95. The maximum Gasteiger partial charge on any atom is 0.131 e. The van der Waals surface area contributed by atoms with Crippen LogP contribution < -0.4 is 10.5 Å². The van der Waals surface area contributed by atoms with E-state index in [0.717, 1.165) is 24.1 Å². The summed E-state index contributed by atoms with van der Waals surface area (Å²) in [6, 6.07) is 13.8. The Labute approximate surface area is 130 Å². The fourth-order valence-corrected chi connectivity index (χ4v) is 3.15. The molecule has 2 aromatic rings. The van der Waals surface area contributed by atoms with Crippen molar-refractivity contribution in [2.45, 2.75) is 19.0 Å². The highest BCUT2D eigenvalue weighted by atomic mass is 19.1. The van der Waals surface area contributed by atoms with Crippen LogP contribution in [0.5, 0.6) is 5.75 Å². The molecular formula is C18H21FN2O. The summed E-state index contributed by atoms with van der Waals surface area (Å²) in [5.41, 5.74) is 8.95. The molecule has 3 nitrogen and oxygen atoms in total. The zero-order valence-electron chi connectivity index (χ0n) is 12.8. The molecule has 0 fully saturated rings. The molecule has 116 valence electrons. The number of fused-ring (bicyclic) bond motifs is 1. The molecule has 0 saturated carbocycles. The van der Waals surface area contributed by atoms with Gasteiger partial charge in [-0.2, -0.15) is 0 Å². The second kappa shape index (κ2) is 6.46. The third kappa shape index (κ3) is 2.85. The van der Waals surface area contributed by atoms with Crippen LogP contribution >= 0.6 is 0 Å². The van der Waals surface area contributed by atoms with Gasteiger partial charge in [0, 0.05) is 37.3 Å². The predicted octanol–water partition coefficient (Wildman–Crippen LogP) is 2.89. The average Bonchev–Trinajstić information content (AvgIpc) is 2.91. The standard InChI is InChI=1S/C18H21FN2O/c1-22-14-9-15-16(17(19)10-14)12-21(18(15)11-20)8-7-13-5-3-2-4-6-13/h2-6,9-10,18H,7-8,11-12,20H2,1H3. The summed E-state index contributed by atoms with van der Waals surface area (Å²) in [5, 5.41) is 0. The van der Waals surface area contributed by atoms with Crippen LogP contribution in [0.25, 0.3) is 0 Å². The fraction of sp³-hybridized carbons (Fsp3) is 0.333. The summed E-state index contributed by atoms with van der Waals surface area (Å²) in [6.07, 6.45) is 0.935. The predicted molar refractivity (Wildman–Crippen MR) is 85.3 cm³/mol. The van der Waals surface area contributed by atoms with Gasteiger partial charge in [0.05, 0.1) is 7.11 Å². The van der Waals surface area contributed by atoms with Gasteiger partial charge in [0.2, 0.25) is 0 Å². The molecule has 0 amide bonds. The number of hydrogen-bond acceptors (Lipinski definition) is 3. The molecular weight excluding hydrogens is 279 g/mol. The van der Waals surface area contributed by atoms with Crippen molar-refractivity contribution >= 4 is 0 Å². The molecule has 3 rings (SSSR count). The topological polar surface area (TPSA) is 38.5 Å². The first-order valence-electron chi connectivity index (χ1n) is 7.57. The molecule has 1 aliphatic rings. The second-order valence-corrected chi connectivity index (χ2v) is 5.63. The molecule has 2 aromatic carbocycles. The second-order valence-electron chi connectivity index (χ2n) is 5.63. The number of rotatable bonds is 5. The molecule has 1 aliphatic heterocycles. The highest BCUT2D eigenvalue weighted by molar-refractivity contribution is 5.42. The zero-order valence-corrected chi connectivity index (χ0v) is 12.8. The fourth-order valence-electron chi connectivity index (χ4n) is 3.15. The lowest BCUT2D eigenvalue weighted by Crippen LogP contribution is -2.29. The van der Waals surface area contributed by atoms with Gasteiger partial charge in [-0.05, 0) is 23.6 Å². The third-order valence-corrected chi connectivity index (χ3v) is 4.35. The van der Waals surface area contributed by atoms with Crippen molar-refractivity contribution in [1.29, 1.82) is 0 Å². The molecule has 0 radical (unpaired) electrons. The van der Waals surface area contributed by atoms with Gasteiger partial charge < -0.3 is 10.5 Å². The minimum absolute atomic E-state index is 0.0586. The van der Waals surface area contributed by atoms with Gasteiger partial charge in [-0.25, -0.2) is 4.39 Å². The van der Waals surface area contributed by atoms with Crippen LogP contribution in [0.15, 0.2) is 42.5 Å². The van der Waals surface area contributed by atoms with E-state index in [1.165, 1.54) is 11.6 Å². The number of nitrogens with two attached hydrogens (primary N) is 1. The number of halogens is 1. The van der Waals surface area contributed by atoms with Crippen LogP contribution in [-0.4, -0.2) is 25.1 Å². The van der Waals surface area contributed by atoms with E-state index in [2.05, 4.69) is 17.0 Å². The number of methoxy groups -OCH3 is 1. The summed E-state index contributed by atoms with van der Waals surface area (Å²) in [4.78, 5) is 2.25. The molecule has 0 bridgehead atoms. The van der Waals surface area contributed by atoms with Crippen LogP contribution in [0.1, 0.15) is 22.7 Å². The molecule has 2 N–H and O–H groups in total. The first-order valence-corrected chi connectivity index (χ1v) is 7.57. The molecule has 1 atom stereocenters. The van der Waals surface area contributed by atoms with E-state index in [4.69, 9.17) is 10.5 Å². The Morgan fingerprint density at radius 3 is 2.73 bits per heavy atom. The molecule has 0 spiro atoms. The first kappa shape index (κ1) is 15.0. The number of benzene rings is 2. The van der Waals surface area contributed by atoms with E-state index in [9.17, 15) is 4.39 Å². The van der Waals surface area contributed by atoms with Gasteiger partial charge in [0.25, 0.3) is 0 Å². The van der Waals surface area contributed by atoms with Crippen molar-refractivity contribution in [3.63, 3.8) is 0 Å². The SMILES string of the molecule is COc1cc(F)c2c(c1)C(CN)N(CCc1ccccc1)C2. The van der Waals surface area contributed by atoms with Gasteiger partial charge >= 0.3 is 0 Å². The Morgan fingerprint density at radius 2 is 2.05 bits per heavy atom. The number of hydrogen-bond donors (Lipinski definition) is 1. The van der Waals surface area contributed by atoms with E-state index in [0.29, 0.717) is 18.8 Å². The number of ether oxygens (including phenoxy) is 1. The molecule has 4 heteroatoms. The maximum absolute atomic E-state index is 14.2. The Hall–Kier alpha value is -1.91. The van der Waals surface area contributed by atoms with Crippen LogP contribution in [0.3, 0.4) is 0 Å². The van der Waals surface area contributed by atoms with E-state index < -0.39 is 0 Å². The van der Waals surface area contributed by atoms with Gasteiger partial charge in [-0.15, -0.1) is 0 Å². The van der Waals surface area contributed by atoms with Crippen LogP contribution in [0, 0.1) is 5.82 Å². The van der Waals surface area contributed by atoms with E-state index in [1.807, 2.05) is 24.3 Å². The van der Waals surface area contributed by atoms with Crippen molar-refractivity contribution < 1.29 is 9.13 Å². The highest BCUT2D eigenvalue weighted by Gasteiger charge is 2.31. The minimum atomic E-state index is -0.199. The van der Waals surface area contributed by atoms with Crippen LogP contribution in [0.4, 0.5) is 4.39 Å². The molecule has 1 heterocycles. The monoisotopic (exact) mass is 300 g/mol. The highest BCUT2D eigenvalue weighted by Crippen LogP contribution is 2.37. The minimum Gasteiger partial charge on any atom is -0.497 e. The Bertz CT molecular complexity index is 645. The van der Waals surface area contributed by atoms with Gasteiger partial charge in [0.1, 0.15) is 11.6 Å². The average molecular weight is 300 g/mol. The molecule has 22 heavy (non-hydrogen) atoms. The first-order chi connectivity index (χ1) is 10.7. The largest absolute Gasteiger partial charge is 0.497 e. The van der Waals surface area contributed by atoms with Crippen molar-refractivity contribution in [1.82, 2.24) is 4.90 Å². The normalized spacial score (nSPS) is 17.5. The van der Waals surface area contributed by atoms with E-state index >= 15 is 0 Å². The van der Waals surface area contributed by atoms with Gasteiger partial charge in [-0.3, -0.25) is 4.90 Å². The summed E-state index contributed by atoms with van der Waals surface area (Å²) in [5.74, 6) is 0.356.